The fourth-order valence-corrected chi connectivity index (χ4v) is 3.15. The molecule has 1 aromatic heterocycles. The number of carbonyl (C=O) groups excluding carboxylic acids is 1. The van der Waals surface area contributed by atoms with Crippen molar-refractivity contribution in [1.29, 1.82) is 0 Å². The average Bonchev–Trinajstić information content (AvgIpc) is 2.83. The number of carbonyl (C=O) groups is 1. The Hall–Kier alpha value is -3.99. The monoisotopic (exact) mass is 394 g/mol. The van der Waals surface area contributed by atoms with Gasteiger partial charge in [-0.15, -0.1) is 0 Å². The Labute approximate surface area is 176 Å². The van der Waals surface area contributed by atoms with Gasteiger partial charge in [0.05, 0.1) is 6.54 Å². The Morgan fingerprint density at radius 3 is 2.03 bits per heavy atom. The number of benzene rings is 3. The second-order valence-corrected chi connectivity index (χ2v) is 6.84. The Kier molecular flexibility index (Phi) is 6.11. The van der Waals surface area contributed by atoms with Gasteiger partial charge in [-0.3, -0.25) is 4.79 Å². The molecular weight excluding hydrogens is 372 g/mol. The summed E-state index contributed by atoms with van der Waals surface area (Å²) >= 11 is 0. The molecule has 1 N–H and O–H groups in total. The van der Waals surface area contributed by atoms with E-state index in [1.807, 2.05) is 91.0 Å². The van der Waals surface area contributed by atoms with Crippen LogP contribution in [0.4, 0.5) is 11.5 Å². The molecule has 1 amide bonds. The minimum absolute atomic E-state index is 0.171. The quantitative estimate of drug-likeness (QED) is 0.483. The number of amides is 1. The lowest BCUT2D eigenvalue weighted by molar-refractivity contribution is 0.0980. The van der Waals surface area contributed by atoms with E-state index in [0.717, 1.165) is 16.8 Å². The van der Waals surface area contributed by atoms with Crippen molar-refractivity contribution in [1.82, 2.24) is 9.97 Å². The van der Waals surface area contributed by atoms with Gasteiger partial charge in [-0.25, -0.2) is 9.97 Å². The molecule has 0 bridgehead atoms. The van der Waals surface area contributed by atoms with E-state index in [2.05, 4.69) is 15.3 Å². The molecule has 0 spiro atoms. The predicted octanol–water partition coefficient (Wildman–Crippen LogP) is 4.94. The van der Waals surface area contributed by atoms with Crippen molar-refractivity contribution in [3.63, 3.8) is 0 Å². The van der Waals surface area contributed by atoms with E-state index < -0.39 is 0 Å². The van der Waals surface area contributed by atoms with Gasteiger partial charge in [-0.05, 0) is 23.3 Å². The number of aromatic nitrogens is 2. The van der Waals surface area contributed by atoms with Crippen LogP contribution >= 0.6 is 0 Å². The predicted molar refractivity (Wildman–Crippen MR) is 119 cm³/mol. The lowest BCUT2D eigenvalue weighted by atomic mass is 10.1. The van der Waals surface area contributed by atoms with E-state index in [-0.39, 0.29) is 5.91 Å². The highest BCUT2D eigenvalue weighted by Crippen LogP contribution is 2.20. The summed E-state index contributed by atoms with van der Waals surface area (Å²) in [5, 5.41) is 3.26. The third kappa shape index (κ3) is 4.89. The molecule has 0 saturated carbocycles. The zero-order valence-corrected chi connectivity index (χ0v) is 16.5. The van der Waals surface area contributed by atoms with Gasteiger partial charge in [0.1, 0.15) is 17.8 Å². The molecule has 0 aliphatic rings. The summed E-state index contributed by atoms with van der Waals surface area (Å²) in [7, 11) is 0. The maximum absolute atomic E-state index is 13.4. The second kappa shape index (κ2) is 9.47. The van der Waals surface area contributed by atoms with Crippen LogP contribution in [0.5, 0.6) is 0 Å². The van der Waals surface area contributed by atoms with Crippen molar-refractivity contribution < 1.29 is 4.79 Å². The van der Waals surface area contributed by atoms with Crippen molar-refractivity contribution >= 4 is 17.4 Å². The first-order valence-corrected chi connectivity index (χ1v) is 9.80. The minimum Gasteiger partial charge on any atom is -0.366 e. The lowest BCUT2D eigenvalue weighted by Gasteiger charge is -2.23. The molecule has 0 atom stereocenters. The molecule has 30 heavy (non-hydrogen) atoms. The second-order valence-electron chi connectivity index (χ2n) is 6.84. The summed E-state index contributed by atoms with van der Waals surface area (Å²) in [5.41, 5.74) is 3.36. The van der Waals surface area contributed by atoms with Gasteiger partial charge in [0.2, 0.25) is 0 Å². The normalized spacial score (nSPS) is 10.4. The van der Waals surface area contributed by atoms with Crippen LogP contribution in [0.15, 0.2) is 103 Å². The molecule has 0 saturated heterocycles. The third-order valence-corrected chi connectivity index (χ3v) is 4.70. The number of nitrogens with zero attached hydrogens (tertiary/aromatic N) is 3. The lowest BCUT2D eigenvalue weighted by Crippen LogP contribution is -2.31. The Morgan fingerprint density at radius 1 is 0.767 bits per heavy atom. The molecule has 0 unspecified atom stereocenters. The van der Waals surface area contributed by atoms with Gasteiger partial charge < -0.3 is 10.2 Å². The van der Waals surface area contributed by atoms with Crippen LogP contribution in [-0.2, 0) is 13.1 Å². The largest absolute Gasteiger partial charge is 0.366 e. The van der Waals surface area contributed by atoms with Crippen LogP contribution < -0.4 is 10.2 Å². The molecule has 5 nitrogen and oxygen atoms in total. The molecule has 4 rings (SSSR count). The molecule has 0 fully saturated rings. The third-order valence-electron chi connectivity index (χ3n) is 4.70. The smallest absolute Gasteiger partial charge is 0.277 e. The maximum atomic E-state index is 13.4. The van der Waals surface area contributed by atoms with Crippen LogP contribution in [0.3, 0.4) is 0 Å². The fourth-order valence-electron chi connectivity index (χ4n) is 3.15. The van der Waals surface area contributed by atoms with Crippen molar-refractivity contribution in [3.8, 4) is 0 Å². The number of rotatable bonds is 7. The van der Waals surface area contributed by atoms with Gasteiger partial charge >= 0.3 is 0 Å². The van der Waals surface area contributed by atoms with Crippen molar-refractivity contribution in [2.45, 2.75) is 13.1 Å². The maximum Gasteiger partial charge on any atom is 0.277 e. The van der Waals surface area contributed by atoms with Gasteiger partial charge in [0, 0.05) is 18.3 Å². The zero-order chi connectivity index (χ0) is 20.6. The molecule has 0 aliphatic heterocycles. The van der Waals surface area contributed by atoms with E-state index in [1.54, 1.807) is 11.0 Å². The SMILES string of the molecule is O=C(c1cc(NCc2ccccc2)ncn1)N(Cc1ccccc1)c1ccccc1. The summed E-state index contributed by atoms with van der Waals surface area (Å²) in [4.78, 5) is 23.6. The molecule has 0 aliphatic carbocycles. The number of anilines is 2. The zero-order valence-electron chi connectivity index (χ0n) is 16.5. The molecule has 5 heteroatoms. The molecule has 3 aromatic carbocycles. The minimum atomic E-state index is -0.171. The van der Waals surface area contributed by atoms with Crippen LogP contribution in [0.1, 0.15) is 21.6 Å². The summed E-state index contributed by atoms with van der Waals surface area (Å²) in [5.74, 6) is 0.445. The fraction of sp³-hybridized carbons (Fsp3) is 0.0800. The Bertz CT molecular complexity index is 1090. The summed E-state index contributed by atoms with van der Waals surface area (Å²) < 4.78 is 0. The standard InChI is InChI=1S/C25H22N4O/c30-25(23-16-24(28-19-27-23)26-17-20-10-4-1-5-11-20)29(22-14-8-3-9-15-22)18-21-12-6-2-7-13-21/h1-16,19H,17-18H2,(H,26,27,28). The number of para-hydroxylation sites is 1. The van der Waals surface area contributed by atoms with Crippen LogP contribution in [0, 0.1) is 0 Å². The Morgan fingerprint density at radius 2 is 1.37 bits per heavy atom. The first-order chi connectivity index (χ1) is 14.8. The van der Waals surface area contributed by atoms with E-state index in [0.29, 0.717) is 24.6 Å². The highest BCUT2D eigenvalue weighted by Gasteiger charge is 2.20. The molecule has 4 aromatic rings. The number of hydrogen-bond acceptors (Lipinski definition) is 4. The average molecular weight is 394 g/mol. The number of hydrogen-bond donors (Lipinski definition) is 1. The number of nitrogens with one attached hydrogen (secondary N) is 1. The highest BCUT2D eigenvalue weighted by atomic mass is 16.2. The molecular formula is C25H22N4O. The van der Waals surface area contributed by atoms with Gasteiger partial charge in [0.25, 0.3) is 5.91 Å². The van der Waals surface area contributed by atoms with Gasteiger partial charge in [-0.2, -0.15) is 0 Å². The molecule has 1 heterocycles. The van der Waals surface area contributed by atoms with Crippen LogP contribution in [0.2, 0.25) is 0 Å². The summed E-state index contributed by atoms with van der Waals surface area (Å²) in [6.45, 7) is 1.08. The van der Waals surface area contributed by atoms with E-state index >= 15 is 0 Å². The van der Waals surface area contributed by atoms with Crippen molar-refractivity contribution in [3.05, 3.63) is 120 Å². The van der Waals surface area contributed by atoms with E-state index in [4.69, 9.17) is 0 Å². The summed E-state index contributed by atoms with van der Waals surface area (Å²) in [6, 6.07) is 31.3. The van der Waals surface area contributed by atoms with Crippen LogP contribution in [0.25, 0.3) is 0 Å². The topological polar surface area (TPSA) is 58.1 Å². The highest BCUT2D eigenvalue weighted by molar-refractivity contribution is 6.05. The van der Waals surface area contributed by atoms with Gasteiger partial charge in [0.15, 0.2) is 0 Å². The van der Waals surface area contributed by atoms with E-state index in [1.165, 1.54) is 6.33 Å². The van der Waals surface area contributed by atoms with Crippen LogP contribution in [-0.4, -0.2) is 15.9 Å². The molecule has 0 radical (unpaired) electrons. The molecule has 148 valence electrons. The Balaban J connectivity index is 1.56. The van der Waals surface area contributed by atoms with E-state index in [9.17, 15) is 4.79 Å². The first-order valence-electron chi connectivity index (χ1n) is 9.80. The summed E-state index contributed by atoms with van der Waals surface area (Å²) in [6.07, 6.45) is 1.42. The first kappa shape index (κ1) is 19.3. The van der Waals surface area contributed by atoms with Crippen molar-refractivity contribution in [2.75, 3.05) is 10.2 Å². The van der Waals surface area contributed by atoms with Crippen molar-refractivity contribution in [2.24, 2.45) is 0 Å². The van der Waals surface area contributed by atoms with Gasteiger partial charge in [-0.1, -0.05) is 78.9 Å².